The molecule has 0 atom stereocenters. The van der Waals surface area contributed by atoms with Crippen LogP contribution in [0.4, 0.5) is 0 Å². The molecule has 0 bridgehead atoms. The SMILES string of the molecule is CC=C(c1ccc(C)c(C)c1)c1ccc(C)c(C)c1. The molecule has 0 aliphatic carbocycles. The van der Waals surface area contributed by atoms with Gasteiger partial charge in [0.15, 0.2) is 0 Å². The van der Waals surface area contributed by atoms with Crippen molar-refractivity contribution in [3.63, 3.8) is 0 Å². The van der Waals surface area contributed by atoms with Gasteiger partial charge in [0.25, 0.3) is 0 Å². The summed E-state index contributed by atoms with van der Waals surface area (Å²) in [5, 5.41) is 0. The zero-order valence-electron chi connectivity index (χ0n) is 12.5. The number of hydrogen-bond donors (Lipinski definition) is 0. The number of aryl methyl sites for hydroxylation is 4. The molecule has 0 spiro atoms. The van der Waals surface area contributed by atoms with Gasteiger partial charge < -0.3 is 0 Å². The lowest BCUT2D eigenvalue weighted by molar-refractivity contribution is 1.31. The van der Waals surface area contributed by atoms with E-state index in [0.717, 1.165) is 0 Å². The first-order chi connectivity index (χ1) is 9.02. The summed E-state index contributed by atoms with van der Waals surface area (Å²) in [5.41, 5.74) is 9.30. The molecule has 0 heteroatoms. The number of hydrogen-bond acceptors (Lipinski definition) is 0. The van der Waals surface area contributed by atoms with Gasteiger partial charge in [0.05, 0.1) is 0 Å². The van der Waals surface area contributed by atoms with Crippen molar-refractivity contribution in [2.75, 3.05) is 0 Å². The lowest BCUT2D eigenvalue weighted by atomic mass is 9.93. The lowest BCUT2D eigenvalue weighted by Gasteiger charge is -2.12. The molecule has 2 rings (SSSR count). The minimum Gasteiger partial charge on any atom is -0.0792 e. The second kappa shape index (κ2) is 5.44. The molecule has 0 nitrogen and oxygen atoms in total. The maximum atomic E-state index is 2.28. The minimum absolute atomic E-state index is 1.30. The summed E-state index contributed by atoms with van der Waals surface area (Å²) in [6.07, 6.45) is 2.20. The van der Waals surface area contributed by atoms with Gasteiger partial charge in [0, 0.05) is 0 Å². The summed E-state index contributed by atoms with van der Waals surface area (Å²) in [7, 11) is 0. The smallest absolute Gasteiger partial charge is 0.0154 e. The van der Waals surface area contributed by atoms with Gasteiger partial charge >= 0.3 is 0 Å². The van der Waals surface area contributed by atoms with Crippen molar-refractivity contribution in [3.05, 3.63) is 75.9 Å². The van der Waals surface area contributed by atoms with Crippen molar-refractivity contribution in [2.45, 2.75) is 34.6 Å². The van der Waals surface area contributed by atoms with Crippen LogP contribution < -0.4 is 0 Å². The van der Waals surface area contributed by atoms with Gasteiger partial charge in [-0.3, -0.25) is 0 Å². The molecule has 0 N–H and O–H groups in total. The Kier molecular flexibility index (Phi) is 3.90. The van der Waals surface area contributed by atoms with Crippen LogP contribution in [0.15, 0.2) is 42.5 Å². The molecule has 0 saturated heterocycles. The van der Waals surface area contributed by atoms with Gasteiger partial charge in [-0.15, -0.1) is 0 Å². The fourth-order valence-electron chi connectivity index (χ4n) is 2.32. The average molecular weight is 250 g/mol. The average Bonchev–Trinajstić information content (AvgIpc) is 2.39. The van der Waals surface area contributed by atoms with E-state index in [1.54, 1.807) is 0 Å². The lowest BCUT2D eigenvalue weighted by Crippen LogP contribution is -1.92. The Morgan fingerprint density at radius 3 is 1.42 bits per heavy atom. The van der Waals surface area contributed by atoms with Crippen LogP contribution in [0.5, 0.6) is 0 Å². The zero-order chi connectivity index (χ0) is 14.0. The number of benzene rings is 2. The summed E-state index contributed by atoms with van der Waals surface area (Å²) in [6.45, 7) is 10.8. The molecule has 0 heterocycles. The Balaban J connectivity index is 2.50. The molecule has 0 unspecified atom stereocenters. The predicted octanol–water partition coefficient (Wildman–Crippen LogP) is 5.37. The van der Waals surface area contributed by atoms with Crippen LogP contribution in [0.2, 0.25) is 0 Å². The summed E-state index contributed by atoms with van der Waals surface area (Å²) < 4.78 is 0. The van der Waals surface area contributed by atoms with Crippen molar-refractivity contribution in [3.8, 4) is 0 Å². The zero-order valence-corrected chi connectivity index (χ0v) is 12.5. The third-order valence-electron chi connectivity index (χ3n) is 3.92. The molecule has 0 radical (unpaired) electrons. The van der Waals surface area contributed by atoms with E-state index < -0.39 is 0 Å². The van der Waals surface area contributed by atoms with Gasteiger partial charge in [-0.25, -0.2) is 0 Å². The van der Waals surface area contributed by atoms with Crippen molar-refractivity contribution in [2.24, 2.45) is 0 Å². The maximum Gasteiger partial charge on any atom is -0.0154 e. The monoisotopic (exact) mass is 250 g/mol. The quantitative estimate of drug-likeness (QED) is 0.672. The Morgan fingerprint density at radius 2 is 1.11 bits per heavy atom. The van der Waals surface area contributed by atoms with Crippen LogP contribution in [0.3, 0.4) is 0 Å². The first kappa shape index (κ1) is 13.6. The molecule has 2 aromatic carbocycles. The Morgan fingerprint density at radius 1 is 0.684 bits per heavy atom. The normalized spacial score (nSPS) is 10.4. The molecule has 0 amide bonds. The Hall–Kier alpha value is -1.82. The molecule has 0 aliphatic heterocycles. The topological polar surface area (TPSA) is 0 Å². The van der Waals surface area contributed by atoms with Crippen LogP contribution in [-0.2, 0) is 0 Å². The van der Waals surface area contributed by atoms with Crippen LogP contribution in [0.1, 0.15) is 40.3 Å². The Bertz CT molecular complexity index is 577. The summed E-state index contributed by atoms with van der Waals surface area (Å²) in [5.74, 6) is 0. The van der Waals surface area contributed by atoms with Gasteiger partial charge in [0.2, 0.25) is 0 Å². The van der Waals surface area contributed by atoms with E-state index in [2.05, 4.69) is 77.1 Å². The molecule has 0 aromatic heterocycles. The van der Waals surface area contributed by atoms with E-state index >= 15 is 0 Å². The fourth-order valence-corrected chi connectivity index (χ4v) is 2.32. The van der Waals surface area contributed by atoms with Gasteiger partial charge in [-0.2, -0.15) is 0 Å². The van der Waals surface area contributed by atoms with Gasteiger partial charge in [0.1, 0.15) is 0 Å². The molecule has 98 valence electrons. The molecule has 0 saturated carbocycles. The number of rotatable bonds is 2. The van der Waals surface area contributed by atoms with Crippen LogP contribution in [0, 0.1) is 27.7 Å². The summed E-state index contributed by atoms with van der Waals surface area (Å²) in [4.78, 5) is 0. The van der Waals surface area contributed by atoms with Crippen molar-refractivity contribution >= 4 is 5.57 Å². The van der Waals surface area contributed by atoms with E-state index in [9.17, 15) is 0 Å². The molecule has 19 heavy (non-hydrogen) atoms. The van der Waals surface area contributed by atoms with E-state index in [1.807, 2.05) is 0 Å². The second-order valence-electron chi connectivity index (χ2n) is 5.30. The number of allylic oxidation sites excluding steroid dienone is 1. The van der Waals surface area contributed by atoms with Crippen LogP contribution >= 0.6 is 0 Å². The largest absolute Gasteiger partial charge is 0.0792 e. The van der Waals surface area contributed by atoms with E-state index in [-0.39, 0.29) is 0 Å². The third kappa shape index (κ3) is 2.78. The van der Waals surface area contributed by atoms with Crippen LogP contribution in [-0.4, -0.2) is 0 Å². The Labute approximate surface area is 116 Å². The fraction of sp³-hybridized carbons (Fsp3) is 0.263. The van der Waals surface area contributed by atoms with Crippen molar-refractivity contribution in [1.82, 2.24) is 0 Å². The van der Waals surface area contributed by atoms with Crippen LogP contribution in [0.25, 0.3) is 5.57 Å². The van der Waals surface area contributed by atoms with Crippen molar-refractivity contribution < 1.29 is 0 Å². The van der Waals surface area contributed by atoms with E-state index in [4.69, 9.17) is 0 Å². The molecular formula is C19H22. The first-order valence-corrected chi connectivity index (χ1v) is 6.84. The van der Waals surface area contributed by atoms with E-state index in [1.165, 1.54) is 39.0 Å². The minimum atomic E-state index is 1.30. The third-order valence-corrected chi connectivity index (χ3v) is 3.92. The predicted molar refractivity (Wildman–Crippen MR) is 84.6 cm³/mol. The maximum absolute atomic E-state index is 2.28. The molecular weight excluding hydrogens is 228 g/mol. The highest BCUT2D eigenvalue weighted by molar-refractivity contribution is 5.80. The highest BCUT2D eigenvalue weighted by atomic mass is 14.1. The van der Waals surface area contributed by atoms with Crippen molar-refractivity contribution in [1.29, 1.82) is 0 Å². The summed E-state index contributed by atoms with van der Waals surface area (Å²) >= 11 is 0. The van der Waals surface area contributed by atoms with Gasteiger partial charge in [-0.05, 0) is 73.6 Å². The van der Waals surface area contributed by atoms with E-state index in [0.29, 0.717) is 0 Å². The summed E-state index contributed by atoms with van der Waals surface area (Å²) in [6, 6.07) is 13.4. The van der Waals surface area contributed by atoms with Gasteiger partial charge in [-0.1, -0.05) is 42.5 Å². The highest BCUT2D eigenvalue weighted by Crippen LogP contribution is 2.26. The molecule has 2 aromatic rings. The highest BCUT2D eigenvalue weighted by Gasteiger charge is 2.06. The first-order valence-electron chi connectivity index (χ1n) is 6.84. The standard InChI is InChI=1S/C19H22/c1-6-19(17-9-7-13(2)15(4)11-17)18-10-8-14(3)16(5)12-18/h6-12H,1-5H3. The molecule has 0 aliphatic rings. The second-order valence-corrected chi connectivity index (χ2v) is 5.30. The molecule has 0 fully saturated rings.